The van der Waals surface area contributed by atoms with Crippen molar-refractivity contribution in [2.45, 2.75) is 40.5 Å². The van der Waals surface area contributed by atoms with Gasteiger partial charge in [0.1, 0.15) is 5.82 Å². The minimum absolute atomic E-state index is 0.0268. The van der Waals surface area contributed by atoms with Crippen molar-refractivity contribution >= 4 is 17.4 Å². The van der Waals surface area contributed by atoms with Gasteiger partial charge in [-0.15, -0.1) is 0 Å². The van der Waals surface area contributed by atoms with Crippen LogP contribution >= 0.6 is 0 Å². The number of rotatable bonds is 6. The third-order valence-corrected chi connectivity index (χ3v) is 4.37. The minimum Gasteiger partial charge on any atom is -0.322 e. The van der Waals surface area contributed by atoms with E-state index in [1.165, 1.54) is 12.1 Å². The lowest BCUT2D eigenvalue weighted by Gasteiger charge is -2.14. The van der Waals surface area contributed by atoms with Gasteiger partial charge in [0, 0.05) is 22.7 Å². The fraction of sp³-hybridized carbons (Fsp3) is 0.333. The van der Waals surface area contributed by atoms with Crippen LogP contribution in [0.3, 0.4) is 0 Å². The fourth-order valence-corrected chi connectivity index (χ4v) is 2.73. The highest BCUT2D eigenvalue weighted by molar-refractivity contribution is 6.05. The summed E-state index contributed by atoms with van der Waals surface area (Å²) in [6, 6.07) is 9.53. The predicted molar refractivity (Wildman–Crippen MR) is 98.7 cm³/mol. The summed E-state index contributed by atoms with van der Waals surface area (Å²) in [5.74, 6) is -0.710. The molecule has 1 amide bonds. The molecule has 4 heteroatoms. The summed E-state index contributed by atoms with van der Waals surface area (Å²) in [6.07, 6.45) is 1.49. The highest BCUT2D eigenvalue weighted by Crippen LogP contribution is 2.22. The van der Waals surface area contributed by atoms with Gasteiger partial charge in [-0.05, 0) is 67.3 Å². The lowest BCUT2D eigenvalue weighted by molar-refractivity contribution is 0.0926. The Morgan fingerprint density at radius 1 is 1.12 bits per heavy atom. The molecular formula is C21H24FNO2. The number of Topliss-reactive ketones (excluding diaryl/α,β-unsaturated/α-hetero) is 1. The number of carbonyl (C=O) groups is 2. The minimum atomic E-state index is -0.436. The van der Waals surface area contributed by atoms with Gasteiger partial charge in [-0.2, -0.15) is 0 Å². The van der Waals surface area contributed by atoms with Crippen molar-refractivity contribution in [1.29, 1.82) is 0 Å². The molecule has 0 fully saturated rings. The van der Waals surface area contributed by atoms with Crippen molar-refractivity contribution in [3.05, 3.63) is 64.5 Å². The van der Waals surface area contributed by atoms with Gasteiger partial charge in [-0.1, -0.05) is 20.8 Å². The first-order chi connectivity index (χ1) is 11.8. The Morgan fingerprint density at radius 3 is 2.44 bits per heavy atom. The first-order valence-electron chi connectivity index (χ1n) is 8.61. The lowest BCUT2D eigenvalue weighted by Crippen LogP contribution is -2.15. The molecule has 0 saturated heterocycles. The molecule has 0 aromatic heterocycles. The maximum atomic E-state index is 13.5. The molecule has 0 radical (unpaired) electrons. The van der Waals surface area contributed by atoms with Gasteiger partial charge >= 0.3 is 0 Å². The molecule has 132 valence electrons. The smallest absolute Gasteiger partial charge is 0.255 e. The van der Waals surface area contributed by atoms with Crippen molar-refractivity contribution in [2.24, 2.45) is 5.92 Å². The average molecular weight is 341 g/mol. The number of aryl methyl sites for hydroxylation is 2. The molecule has 1 unspecified atom stereocenters. The summed E-state index contributed by atoms with van der Waals surface area (Å²) >= 11 is 0. The van der Waals surface area contributed by atoms with Crippen LogP contribution in [0.25, 0.3) is 0 Å². The topological polar surface area (TPSA) is 46.2 Å². The molecule has 2 aromatic rings. The summed E-state index contributed by atoms with van der Waals surface area (Å²) in [7, 11) is 0. The SMILES string of the molecule is CCc1cc(NC(=O)c2cc(C)cc(F)c2)ccc1C(=O)C(C)CC. The number of halogens is 1. The zero-order valence-corrected chi connectivity index (χ0v) is 15.2. The van der Waals surface area contributed by atoms with Gasteiger partial charge < -0.3 is 5.32 Å². The van der Waals surface area contributed by atoms with Gasteiger partial charge in [0.05, 0.1) is 0 Å². The molecule has 0 bridgehead atoms. The Kier molecular flexibility index (Phi) is 6.07. The maximum absolute atomic E-state index is 13.5. The van der Waals surface area contributed by atoms with Crippen molar-refractivity contribution in [3.8, 4) is 0 Å². The zero-order chi connectivity index (χ0) is 18.6. The first kappa shape index (κ1) is 18.8. The Bertz CT molecular complexity index is 778. The summed E-state index contributed by atoms with van der Waals surface area (Å²) in [6.45, 7) is 7.63. The molecule has 0 aliphatic heterocycles. The van der Waals surface area contributed by atoms with Crippen molar-refractivity contribution in [2.75, 3.05) is 5.32 Å². The normalized spacial score (nSPS) is 11.9. The molecule has 0 aliphatic carbocycles. The summed E-state index contributed by atoms with van der Waals surface area (Å²) in [5.41, 5.74) is 3.17. The van der Waals surface area contributed by atoms with Crippen LogP contribution in [0.15, 0.2) is 36.4 Å². The van der Waals surface area contributed by atoms with Crippen LogP contribution < -0.4 is 5.32 Å². The summed E-state index contributed by atoms with van der Waals surface area (Å²) in [4.78, 5) is 24.8. The van der Waals surface area contributed by atoms with Crippen molar-refractivity contribution in [1.82, 2.24) is 0 Å². The van der Waals surface area contributed by atoms with Crippen LogP contribution in [-0.4, -0.2) is 11.7 Å². The highest BCUT2D eigenvalue weighted by atomic mass is 19.1. The predicted octanol–water partition coefficient (Wildman–Crippen LogP) is 5.18. The molecular weight excluding hydrogens is 317 g/mol. The molecule has 25 heavy (non-hydrogen) atoms. The second-order valence-corrected chi connectivity index (χ2v) is 6.37. The highest BCUT2D eigenvalue weighted by Gasteiger charge is 2.17. The van der Waals surface area contributed by atoms with E-state index < -0.39 is 5.82 Å². The second-order valence-electron chi connectivity index (χ2n) is 6.37. The molecule has 0 spiro atoms. The standard InChI is InChI=1S/C21H24FNO2/c1-5-14(4)20(24)19-8-7-18(12-15(19)6-2)23-21(25)16-9-13(3)10-17(22)11-16/h7-12,14H,5-6H2,1-4H3,(H,23,25). The van der Waals surface area contributed by atoms with E-state index in [-0.39, 0.29) is 23.2 Å². The molecule has 2 rings (SSSR count). The van der Waals surface area contributed by atoms with E-state index in [2.05, 4.69) is 5.32 Å². The Hall–Kier alpha value is -2.49. The molecule has 3 nitrogen and oxygen atoms in total. The summed E-state index contributed by atoms with van der Waals surface area (Å²) < 4.78 is 13.5. The lowest BCUT2D eigenvalue weighted by atomic mass is 9.92. The molecule has 1 atom stereocenters. The number of nitrogens with one attached hydrogen (secondary N) is 1. The third kappa shape index (κ3) is 4.53. The molecule has 0 aliphatic rings. The average Bonchev–Trinajstić information content (AvgIpc) is 2.59. The largest absolute Gasteiger partial charge is 0.322 e. The second kappa shape index (κ2) is 8.06. The van der Waals surface area contributed by atoms with Gasteiger partial charge in [0.15, 0.2) is 5.78 Å². The molecule has 2 aromatic carbocycles. The van der Waals surface area contributed by atoms with Crippen LogP contribution in [0.1, 0.15) is 59.0 Å². The number of hydrogen-bond acceptors (Lipinski definition) is 2. The number of amides is 1. The number of carbonyl (C=O) groups excluding carboxylic acids is 2. The van der Waals surface area contributed by atoms with E-state index in [0.717, 1.165) is 12.0 Å². The van der Waals surface area contributed by atoms with E-state index in [9.17, 15) is 14.0 Å². The van der Waals surface area contributed by atoms with Gasteiger partial charge in [0.25, 0.3) is 5.91 Å². The van der Waals surface area contributed by atoms with Crippen LogP contribution in [0.2, 0.25) is 0 Å². The number of ketones is 1. The van der Waals surface area contributed by atoms with Crippen LogP contribution in [-0.2, 0) is 6.42 Å². The third-order valence-electron chi connectivity index (χ3n) is 4.37. The Balaban J connectivity index is 2.26. The van der Waals surface area contributed by atoms with E-state index >= 15 is 0 Å². The van der Waals surface area contributed by atoms with Crippen LogP contribution in [0.4, 0.5) is 10.1 Å². The Morgan fingerprint density at radius 2 is 1.84 bits per heavy atom. The quantitative estimate of drug-likeness (QED) is 0.736. The van der Waals surface area contributed by atoms with Crippen LogP contribution in [0.5, 0.6) is 0 Å². The zero-order valence-electron chi connectivity index (χ0n) is 15.2. The van der Waals surface area contributed by atoms with E-state index in [0.29, 0.717) is 23.2 Å². The van der Waals surface area contributed by atoms with Crippen LogP contribution in [0, 0.1) is 18.7 Å². The monoisotopic (exact) mass is 341 g/mol. The number of benzene rings is 2. The first-order valence-corrected chi connectivity index (χ1v) is 8.61. The van der Waals surface area contributed by atoms with E-state index in [1.807, 2.05) is 26.8 Å². The van der Waals surface area contributed by atoms with Gasteiger partial charge in [0.2, 0.25) is 0 Å². The summed E-state index contributed by atoms with van der Waals surface area (Å²) in [5, 5.41) is 2.78. The van der Waals surface area contributed by atoms with Gasteiger partial charge in [-0.3, -0.25) is 9.59 Å². The molecule has 0 saturated carbocycles. The number of anilines is 1. The van der Waals surface area contributed by atoms with E-state index in [1.54, 1.807) is 25.1 Å². The van der Waals surface area contributed by atoms with E-state index in [4.69, 9.17) is 0 Å². The molecule has 0 heterocycles. The molecule has 1 N–H and O–H groups in total. The maximum Gasteiger partial charge on any atom is 0.255 e. The van der Waals surface area contributed by atoms with Crippen molar-refractivity contribution < 1.29 is 14.0 Å². The fourth-order valence-electron chi connectivity index (χ4n) is 2.73. The Labute approximate surface area is 148 Å². The van der Waals surface area contributed by atoms with Crippen molar-refractivity contribution in [3.63, 3.8) is 0 Å². The number of hydrogen-bond donors (Lipinski definition) is 1. The van der Waals surface area contributed by atoms with Gasteiger partial charge in [-0.25, -0.2) is 4.39 Å².